The number of esters is 1. The molecule has 1 N–H and O–H groups in total. The SMILES string of the molecule is CCN1CCC2(CC1)OC(=O)C(C)=C2C(=O)NCCN(C)C1CCCCC1. The molecule has 1 aliphatic carbocycles. The van der Waals surface area contributed by atoms with Gasteiger partial charge < -0.3 is 19.9 Å². The van der Waals surface area contributed by atoms with E-state index in [1.54, 1.807) is 6.92 Å². The number of hydrogen-bond donors (Lipinski definition) is 1. The Labute approximate surface area is 163 Å². The molecule has 6 nitrogen and oxygen atoms in total. The normalized spacial score (nSPS) is 23.9. The van der Waals surface area contributed by atoms with Crippen molar-refractivity contribution in [3.63, 3.8) is 0 Å². The summed E-state index contributed by atoms with van der Waals surface area (Å²) in [6, 6.07) is 0.637. The number of nitrogens with zero attached hydrogens (tertiary/aromatic N) is 2. The van der Waals surface area contributed by atoms with E-state index in [4.69, 9.17) is 4.74 Å². The van der Waals surface area contributed by atoms with Gasteiger partial charge >= 0.3 is 5.97 Å². The van der Waals surface area contributed by atoms with Crippen LogP contribution in [0.3, 0.4) is 0 Å². The van der Waals surface area contributed by atoms with Crippen molar-refractivity contribution in [1.29, 1.82) is 0 Å². The lowest BCUT2D eigenvalue weighted by atomic mass is 9.82. The van der Waals surface area contributed by atoms with Gasteiger partial charge in [0.2, 0.25) is 0 Å². The molecule has 6 heteroatoms. The lowest BCUT2D eigenvalue weighted by Crippen LogP contribution is -2.49. The average molecular weight is 378 g/mol. The Hall–Kier alpha value is -1.40. The van der Waals surface area contributed by atoms with E-state index in [0.717, 1.165) is 26.2 Å². The summed E-state index contributed by atoms with van der Waals surface area (Å²) in [6.45, 7) is 8.02. The standard InChI is InChI=1S/C21H35N3O3/c1-4-24-13-10-21(11-14-24)18(16(2)20(26)27-21)19(25)22-12-15-23(3)17-8-6-5-7-9-17/h17H,4-15H2,1-3H3,(H,22,25). The summed E-state index contributed by atoms with van der Waals surface area (Å²) in [6.07, 6.45) is 7.89. The van der Waals surface area contributed by atoms with Gasteiger partial charge in [0.15, 0.2) is 0 Å². The molecule has 3 aliphatic rings. The van der Waals surface area contributed by atoms with Crippen molar-refractivity contribution < 1.29 is 14.3 Å². The van der Waals surface area contributed by atoms with E-state index in [2.05, 4.69) is 29.1 Å². The summed E-state index contributed by atoms with van der Waals surface area (Å²) < 4.78 is 5.74. The number of likely N-dealkylation sites (N-methyl/N-ethyl adjacent to an activating group) is 1. The second-order valence-corrected chi connectivity index (χ2v) is 8.35. The van der Waals surface area contributed by atoms with Crippen molar-refractivity contribution in [2.45, 2.75) is 70.4 Å². The molecule has 0 radical (unpaired) electrons. The van der Waals surface area contributed by atoms with Crippen LogP contribution in [0.2, 0.25) is 0 Å². The van der Waals surface area contributed by atoms with Crippen LogP contribution in [0.15, 0.2) is 11.1 Å². The number of likely N-dealkylation sites (tertiary alicyclic amines) is 1. The van der Waals surface area contributed by atoms with E-state index in [1.165, 1.54) is 32.1 Å². The molecule has 2 fully saturated rings. The van der Waals surface area contributed by atoms with Crippen molar-refractivity contribution in [2.24, 2.45) is 0 Å². The van der Waals surface area contributed by atoms with Crippen LogP contribution in [-0.2, 0) is 14.3 Å². The predicted octanol–water partition coefficient (Wildman–Crippen LogP) is 2.09. The van der Waals surface area contributed by atoms with Crippen molar-refractivity contribution in [3.05, 3.63) is 11.1 Å². The molecular formula is C21H35N3O3. The third-order valence-electron chi connectivity index (χ3n) is 6.71. The fourth-order valence-electron chi connectivity index (χ4n) is 4.85. The van der Waals surface area contributed by atoms with Crippen LogP contribution >= 0.6 is 0 Å². The second-order valence-electron chi connectivity index (χ2n) is 8.35. The number of carbonyl (C=O) groups excluding carboxylic acids is 2. The van der Waals surface area contributed by atoms with E-state index in [9.17, 15) is 9.59 Å². The largest absolute Gasteiger partial charge is 0.450 e. The van der Waals surface area contributed by atoms with Gasteiger partial charge in [0.05, 0.1) is 5.57 Å². The van der Waals surface area contributed by atoms with Crippen molar-refractivity contribution in [1.82, 2.24) is 15.1 Å². The van der Waals surface area contributed by atoms with Gasteiger partial charge in [-0.3, -0.25) is 4.79 Å². The third-order valence-corrected chi connectivity index (χ3v) is 6.71. The second kappa shape index (κ2) is 8.74. The molecule has 1 saturated heterocycles. The molecule has 2 aliphatic heterocycles. The summed E-state index contributed by atoms with van der Waals surface area (Å²) in [7, 11) is 2.15. The zero-order valence-corrected chi connectivity index (χ0v) is 17.2. The zero-order chi connectivity index (χ0) is 19.4. The summed E-state index contributed by atoms with van der Waals surface area (Å²) in [5.74, 6) is -0.454. The smallest absolute Gasteiger partial charge is 0.335 e. The predicted molar refractivity (Wildman–Crippen MR) is 105 cm³/mol. The maximum absolute atomic E-state index is 13.0. The Kier molecular flexibility index (Phi) is 6.58. The van der Waals surface area contributed by atoms with Crippen LogP contribution in [0, 0.1) is 0 Å². The Morgan fingerprint density at radius 2 is 1.93 bits per heavy atom. The molecule has 0 bridgehead atoms. The number of amides is 1. The van der Waals surface area contributed by atoms with Gasteiger partial charge in [-0.2, -0.15) is 0 Å². The molecule has 27 heavy (non-hydrogen) atoms. The Balaban J connectivity index is 1.57. The average Bonchev–Trinajstić information content (AvgIpc) is 2.92. The molecule has 3 rings (SSSR count). The first-order chi connectivity index (χ1) is 13.0. The van der Waals surface area contributed by atoms with Crippen molar-refractivity contribution >= 4 is 11.9 Å². The van der Waals surface area contributed by atoms with Crippen LogP contribution in [-0.4, -0.2) is 73.1 Å². The van der Waals surface area contributed by atoms with Gasteiger partial charge in [-0.05, 0) is 33.4 Å². The highest BCUT2D eigenvalue weighted by atomic mass is 16.6. The molecule has 1 spiro atoms. The highest BCUT2D eigenvalue weighted by Gasteiger charge is 2.50. The van der Waals surface area contributed by atoms with Gasteiger partial charge in [-0.15, -0.1) is 0 Å². The van der Waals surface area contributed by atoms with Crippen LogP contribution in [0.25, 0.3) is 0 Å². The van der Waals surface area contributed by atoms with E-state index in [0.29, 0.717) is 36.6 Å². The molecular weight excluding hydrogens is 342 g/mol. The monoisotopic (exact) mass is 377 g/mol. The lowest BCUT2D eigenvalue weighted by Gasteiger charge is -2.39. The third kappa shape index (κ3) is 4.37. The van der Waals surface area contributed by atoms with Gasteiger partial charge in [0.25, 0.3) is 5.91 Å². The number of rotatable bonds is 6. The minimum atomic E-state index is -0.716. The van der Waals surface area contributed by atoms with Gasteiger partial charge in [0, 0.05) is 50.6 Å². The topological polar surface area (TPSA) is 61.9 Å². The number of hydrogen-bond acceptors (Lipinski definition) is 5. The molecule has 2 heterocycles. The van der Waals surface area contributed by atoms with Gasteiger partial charge in [-0.1, -0.05) is 26.2 Å². The molecule has 0 atom stereocenters. The van der Waals surface area contributed by atoms with Crippen molar-refractivity contribution in [3.8, 4) is 0 Å². The van der Waals surface area contributed by atoms with Crippen molar-refractivity contribution in [2.75, 3.05) is 39.8 Å². The number of carbonyl (C=O) groups is 2. The minimum Gasteiger partial charge on any atom is -0.450 e. The lowest BCUT2D eigenvalue weighted by molar-refractivity contribution is -0.150. The minimum absolute atomic E-state index is 0.125. The first-order valence-electron chi connectivity index (χ1n) is 10.6. The summed E-state index contributed by atoms with van der Waals surface area (Å²) in [5, 5.41) is 3.06. The zero-order valence-electron chi connectivity index (χ0n) is 17.2. The summed E-state index contributed by atoms with van der Waals surface area (Å²) >= 11 is 0. The fraction of sp³-hybridized carbons (Fsp3) is 0.810. The van der Waals surface area contributed by atoms with E-state index in [1.807, 2.05) is 0 Å². The number of nitrogens with one attached hydrogen (secondary N) is 1. The molecule has 1 saturated carbocycles. The molecule has 0 unspecified atom stereocenters. The van der Waals surface area contributed by atoms with E-state index >= 15 is 0 Å². The molecule has 0 aromatic heterocycles. The van der Waals surface area contributed by atoms with Crippen LogP contribution in [0.4, 0.5) is 0 Å². The van der Waals surface area contributed by atoms with Crippen LogP contribution < -0.4 is 5.32 Å². The molecule has 0 aromatic rings. The molecule has 0 aromatic carbocycles. The first-order valence-corrected chi connectivity index (χ1v) is 10.6. The van der Waals surface area contributed by atoms with E-state index < -0.39 is 5.60 Å². The summed E-state index contributed by atoms with van der Waals surface area (Å²) in [5.41, 5.74) is 0.341. The highest BCUT2D eigenvalue weighted by Crippen LogP contribution is 2.40. The Morgan fingerprint density at radius 3 is 2.56 bits per heavy atom. The first kappa shape index (κ1) is 20.3. The Morgan fingerprint density at radius 1 is 1.26 bits per heavy atom. The number of ether oxygens (including phenoxy) is 1. The maximum atomic E-state index is 13.0. The van der Waals surface area contributed by atoms with E-state index in [-0.39, 0.29) is 11.9 Å². The molecule has 1 amide bonds. The van der Waals surface area contributed by atoms with Crippen LogP contribution in [0.1, 0.15) is 58.8 Å². The highest BCUT2D eigenvalue weighted by molar-refractivity contribution is 6.07. The van der Waals surface area contributed by atoms with Gasteiger partial charge in [-0.25, -0.2) is 4.79 Å². The maximum Gasteiger partial charge on any atom is 0.335 e. The number of piperidine rings is 1. The van der Waals surface area contributed by atoms with Gasteiger partial charge in [0.1, 0.15) is 5.60 Å². The van der Waals surface area contributed by atoms with Crippen LogP contribution in [0.5, 0.6) is 0 Å². The molecule has 152 valence electrons. The quantitative estimate of drug-likeness (QED) is 0.718. The summed E-state index contributed by atoms with van der Waals surface area (Å²) in [4.78, 5) is 29.9. The Bertz CT molecular complexity index is 587. The fourth-order valence-corrected chi connectivity index (χ4v) is 4.85.